The molecular weight excluding hydrogens is 242 g/mol. The van der Waals surface area contributed by atoms with Gasteiger partial charge in [-0.2, -0.15) is 0 Å². The van der Waals surface area contributed by atoms with Crippen molar-refractivity contribution >= 4 is 11.9 Å². The highest BCUT2D eigenvalue weighted by molar-refractivity contribution is 5.78. The number of piperidine rings is 1. The van der Waals surface area contributed by atoms with Crippen LogP contribution in [0.4, 0.5) is 0 Å². The average molecular weight is 259 g/mol. The minimum Gasteiger partial charge on any atom is -0.455 e. The first-order chi connectivity index (χ1) is 9.16. The Bertz CT molecular complexity index is 526. The number of ether oxygens (including phenoxy) is 1. The summed E-state index contributed by atoms with van der Waals surface area (Å²) in [5.41, 5.74) is 2.13. The first-order valence-electron chi connectivity index (χ1n) is 6.71. The zero-order chi connectivity index (χ0) is 13.4. The first-order valence-corrected chi connectivity index (χ1v) is 6.71. The Hall–Kier alpha value is -1.84. The van der Waals surface area contributed by atoms with Crippen molar-refractivity contribution in [3.63, 3.8) is 0 Å². The van der Waals surface area contributed by atoms with Gasteiger partial charge < -0.3 is 9.64 Å². The highest BCUT2D eigenvalue weighted by Crippen LogP contribution is 2.39. The minimum atomic E-state index is -0.313. The molecule has 3 rings (SSSR count). The number of esters is 1. The molecule has 0 spiro atoms. The van der Waals surface area contributed by atoms with Gasteiger partial charge in [-0.15, -0.1) is 0 Å². The number of hydrogen-bond acceptors (Lipinski definition) is 3. The van der Waals surface area contributed by atoms with Crippen LogP contribution in [-0.4, -0.2) is 22.8 Å². The smallest absolute Gasteiger partial charge is 0.303 e. The van der Waals surface area contributed by atoms with Gasteiger partial charge in [-0.1, -0.05) is 24.3 Å². The summed E-state index contributed by atoms with van der Waals surface area (Å²) in [4.78, 5) is 25.3. The Morgan fingerprint density at radius 1 is 1.37 bits per heavy atom. The van der Waals surface area contributed by atoms with E-state index in [1.807, 2.05) is 29.2 Å². The summed E-state index contributed by atoms with van der Waals surface area (Å²) >= 11 is 0. The van der Waals surface area contributed by atoms with Gasteiger partial charge in [-0.3, -0.25) is 9.59 Å². The average Bonchev–Trinajstić information content (AvgIpc) is 2.39. The number of amides is 1. The van der Waals surface area contributed by atoms with Gasteiger partial charge in [0.05, 0.1) is 6.04 Å². The summed E-state index contributed by atoms with van der Waals surface area (Å²) in [5, 5.41) is 0. The van der Waals surface area contributed by atoms with Crippen LogP contribution in [0.25, 0.3) is 0 Å². The van der Waals surface area contributed by atoms with Crippen molar-refractivity contribution in [3.05, 3.63) is 35.4 Å². The van der Waals surface area contributed by atoms with Crippen molar-refractivity contribution in [2.75, 3.05) is 0 Å². The predicted octanol–water partition coefficient (Wildman–Crippen LogP) is 2.19. The first kappa shape index (κ1) is 12.2. The molecule has 1 fully saturated rings. The standard InChI is InChI=1S/C15H17NO3/c1-10(17)19-15-12-6-3-2-5-11(12)9-16-13(15)7-4-8-14(16)18/h2-3,5-6,13,15H,4,7-9H2,1H3/t13-,15+/m0/s1. The fourth-order valence-corrected chi connectivity index (χ4v) is 3.13. The van der Waals surface area contributed by atoms with Crippen LogP contribution >= 0.6 is 0 Å². The van der Waals surface area contributed by atoms with E-state index in [0.29, 0.717) is 13.0 Å². The molecule has 0 N–H and O–H groups in total. The lowest BCUT2D eigenvalue weighted by Crippen LogP contribution is -2.50. The normalized spacial score (nSPS) is 25.5. The molecule has 2 atom stereocenters. The molecule has 0 unspecified atom stereocenters. The second kappa shape index (κ2) is 4.68. The Kier molecular flexibility index (Phi) is 3.01. The van der Waals surface area contributed by atoms with Crippen LogP contribution in [0.3, 0.4) is 0 Å². The molecule has 2 aliphatic heterocycles. The van der Waals surface area contributed by atoms with Crippen molar-refractivity contribution in [2.45, 2.75) is 44.9 Å². The van der Waals surface area contributed by atoms with E-state index in [-0.39, 0.29) is 24.0 Å². The minimum absolute atomic E-state index is 0.0000463. The lowest BCUT2D eigenvalue weighted by atomic mass is 9.85. The Labute approximate surface area is 112 Å². The number of fused-ring (bicyclic) bond motifs is 2. The van der Waals surface area contributed by atoms with Crippen LogP contribution in [0.5, 0.6) is 0 Å². The number of rotatable bonds is 1. The molecule has 1 saturated heterocycles. The summed E-state index contributed by atoms with van der Waals surface area (Å²) in [6.07, 6.45) is 2.07. The van der Waals surface area contributed by atoms with Gasteiger partial charge in [0.2, 0.25) is 5.91 Å². The van der Waals surface area contributed by atoms with E-state index < -0.39 is 0 Å². The zero-order valence-corrected chi connectivity index (χ0v) is 11.0. The zero-order valence-electron chi connectivity index (χ0n) is 11.0. The molecule has 4 heteroatoms. The second-order valence-corrected chi connectivity index (χ2v) is 5.21. The quantitative estimate of drug-likeness (QED) is 0.726. The van der Waals surface area contributed by atoms with Gasteiger partial charge in [0.15, 0.2) is 0 Å². The molecule has 2 aliphatic rings. The number of benzene rings is 1. The third-order valence-corrected chi connectivity index (χ3v) is 3.96. The van der Waals surface area contributed by atoms with E-state index in [9.17, 15) is 9.59 Å². The summed E-state index contributed by atoms with van der Waals surface area (Å²) in [7, 11) is 0. The lowest BCUT2D eigenvalue weighted by molar-refractivity contribution is -0.159. The monoisotopic (exact) mass is 259 g/mol. The van der Waals surface area contributed by atoms with E-state index in [4.69, 9.17) is 4.74 Å². The van der Waals surface area contributed by atoms with Gasteiger partial charge in [0, 0.05) is 19.9 Å². The van der Waals surface area contributed by atoms with Crippen molar-refractivity contribution in [1.82, 2.24) is 4.90 Å². The maximum Gasteiger partial charge on any atom is 0.303 e. The maximum absolute atomic E-state index is 12.1. The topological polar surface area (TPSA) is 46.6 Å². The maximum atomic E-state index is 12.1. The van der Waals surface area contributed by atoms with Crippen molar-refractivity contribution in [2.24, 2.45) is 0 Å². The fourth-order valence-electron chi connectivity index (χ4n) is 3.13. The van der Waals surface area contributed by atoms with E-state index in [1.54, 1.807) is 0 Å². The molecule has 4 nitrogen and oxygen atoms in total. The highest BCUT2D eigenvalue weighted by atomic mass is 16.5. The molecule has 2 heterocycles. The Morgan fingerprint density at radius 2 is 2.16 bits per heavy atom. The van der Waals surface area contributed by atoms with Crippen LogP contribution in [0.1, 0.15) is 43.4 Å². The fraction of sp³-hybridized carbons (Fsp3) is 0.467. The lowest BCUT2D eigenvalue weighted by Gasteiger charge is -2.44. The van der Waals surface area contributed by atoms with Crippen LogP contribution in [0.2, 0.25) is 0 Å². The van der Waals surface area contributed by atoms with E-state index in [0.717, 1.165) is 24.0 Å². The van der Waals surface area contributed by atoms with Gasteiger partial charge in [0.1, 0.15) is 6.10 Å². The van der Waals surface area contributed by atoms with Crippen molar-refractivity contribution in [3.8, 4) is 0 Å². The number of carbonyl (C=O) groups is 2. The summed E-state index contributed by atoms with van der Waals surface area (Å²) in [6, 6.07) is 7.91. The molecule has 0 saturated carbocycles. The van der Waals surface area contributed by atoms with E-state index in [1.165, 1.54) is 6.92 Å². The molecule has 0 bridgehead atoms. The molecule has 100 valence electrons. The summed E-state index contributed by atoms with van der Waals surface area (Å²) in [6.45, 7) is 2.06. The van der Waals surface area contributed by atoms with Gasteiger partial charge in [0.25, 0.3) is 0 Å². The second-order valence-electron chi connectivity index (χ2n) is 5.21. The van der Waals surface area contributed by atoms with Crippen LogP contribution < -0.4 is 0 Å². The van der Waals surface area contributed by atoms with Crippen LogP contribution in [0, 0.1) is 0 Å². The van der Waals surface area contributed by atoms with E-state index >= 15 is 0 Å². The third kappa shape index (κ3) is 2.11. The highest BCUT2D eigenvalue weighted by Gasteiger charge is 2.40. The molecule has 1 aromatic carbocycles. The summed E-state index contributed by atoms with van der Waals surface area (Å²) < 4.78 is 5.50. The number of nitrogens with zero attached hydrogens (tertiary/aromatic N) is 1. The molecule has 19 heavy (non-hydrogen) atoms. The van der Waals surface area contributed by atoms with Crippen LogP contribution in [-0.2, 0) is 20.9 Å². The molecule has 0 aliphatic carbocycles. The van der Waals surface area contributed by atoms with Gasteiger partial charge in [-0.05, 0) is 24.0 Å². The summed E-state index contributed by atoms with van der Waals surface area (Å²) in [5.74, 6) is -0.123. The number of hydrogen-bond donors (Lipinski definition) is 0. The Balaban J connectivity index is 2.02. The Morgan fingerprint density at radius 3 is 2.95 bits per heavy atom. The van der Waals surface area contributed by atoms with E-state index in [2.05, 4.69) is 0 Å². The molecular formula is C15H17NO3. The van der Waals surface area contributed by atoms with Crippen molar-refractivity contribution in [1.29, 1.82) is 0 Å². The molecule has 0 radical (unpaired) electrons. The van der Waals surface area contributed by atoms with Gasteiger partial charge >= 0.3 is 5.97 Å². The number of carbonyl (C=O) groups excluding carboxylic acids is 2. The molecule has 0 aromatic heterocycles. The SMILES string of the molecule is CC(=O)O[C@@H]1c2ccccc2CN2C(=O)CCC[C@@H]12. The molecule has 1 amide bonds. The predicted molar refractivity (Wildman–Crippen MR) is 69.1 cm³/mol. The van der Waals surface area contributed by atoms with Crippen LogP contribution in [0.15, 0.2) is 24.3 Å². The third-order valence-electron chi connectivity index (χ3n) is 3.96. The molecule has 1 aromatic rings. The largest absolute Gasteiger partial charge is 0.455 e. The van der Waals surface area contributed by atoms with Gasteiger partial charge in [-0.25, -0.2) is 0 Å². The van der Waals surface area contributed by atoms with Crippen molar-refractivity contribution < 1.29 is 14.3 Å².